The predicted molar refractivity (Wildman–Crippen MR) is 59.9 cm³/mol. The molecule has 0 amide bonds. The third-order valence-electron chi connectivity index (χ3n) is 2.21. The summed E-state index contributed by atoms with van der Waals surface area (Å²) in [6.45, 7) is 1.24. The number of halogens is 2. The number of phenols is 1. The predicted octanol–water partition coefficient (Wildman–Crippen LogP) is 2.31. The average Bonchev–Trinajstić information content (AvgIpc) is 2.17. The normalized spacial score (nSPS) is 14.7. The van der Waals surface area contributed by atoms with E-state index in [1.807, 2.05) is 0 Å². The Bertz CT molecular complexity index is 369. The molecule has 0 aromatic heterocycles. The lowest BCUT2D eigenvalue weighted by Gasteiger charge is -2.21. The molecule has 0 radical (unpaired) electrons. The molecule has 84 valence electrons. The minimum atomic E-state index is -1.65. The highest BCUT2D eigenvalue weighted by Crippen LogP contribution is 2.38. The van der Waals surface area contributed by atoms with Crippen LogP contribution in [-0.2, 0) is 5.67 Å². The molecule has 5 heteroatoms. The van der Waals surface area contributed by atoms with Gasteiger partial charge in [-0.2, -0.15) is 0 Å². The molecular formula is C10H13BrFNO2. The number of rotatable bonds is 3. The molecule has 1 aromatic carbocycles. The molecule has 3 N–H and O–H groups in total. The first-order valence-electron chi connectivity index (χ1n) is 4.38. The molecule has 0 spiro atoms. The van der Waals surface area contributed by atoms with Gasteiger partial charge in [0.25, 0.3) is 0 Å². The van der Waals surface area contributed by atoms with Gasteiger partial charge in [-0.25, -0.2) is 4.39 Å². The Morgan fingerprint density at radius 1 is 1.60 bits per heavy atom. The minimum Gasteiger partial charge on any atom is -0.504 e. The Labute approximate surface area is 96.2 Å². The second kappa shape index (κ2) is 4.37. The van der Waals surface area contributed by atoms with Gasteiger partial charge in [-0.3, -0.25) is 0 Å². The number of alkyl halides is 1. The van der Waals surface area contributed by atoms with E-state index in [1.54, 1.807) is 0 Å². The molecule has 0 heterocycles. The fourth-order valence-corrected chi connectivity index (χ4v) is 1.96. The van der Waals surface area contributed by atoms with Crippen molar-refractivity contribution in [3.8, 4) is 11.5 Å². The number of aromatic hydroxyl groups is 1. The minimum absolute atomic E-state index is 0.0408. The van der Waals surface area contributed by atoms with Gasteiger partial charge in [0.2, 0.25) is 0 Å². The zero-order chi connectivity index (χ0) is 11.6. The van der Waals surface area contributed by atoms with E-state index in [0.717, 1.165) is 0 Å². The molecule has 0 aliphatic rings. The lowest BCUT2D eigenvalue weighted by molar-refractivity contribution is 0.201. The number of nitrogens with two attached hydrogens (primary N) is 1. The first-order valence-corrected chi connectivity index (χ1v) is 5.17. The van der Waals surface area contributed by atoms with E-state index in [1.165, 1.54) is 26.2 Å². The van der Waals surface area contributed by atoms with Crippen LogP contribution in [0.1, 0.15) is 12.5 Å². The van der Waals surface area contributed by atoms with Gasteiger partial charge in [0.05, 0.1) is 7.11 Å². The van der Waals surface area contributed by atoms with Gasteiger partial charge < -0.3 is 15.6 Å². The van der Waals surface area contributed by atoms with E-state index in [2.05, 4.69) is 15.9 Å². The number of hydrogen-bond donors (Lipinski definition) is 2. The van der Waals surface area contributed by atoms with Crippen LogP contribution in [0.2, 0.25) is 0 Å². The van der Waals surface area contributed by atoms with Crippen LogP contribution < -0.4 is 10.5 Å². The van der Waals surface area contributed by atoms with Gasteiger partial charge in [0.1, 0.15) is 5.67 Å². The van der Waals surface area contributed by atoms with Gasteiger partial charge in [0, 0.05) is 16.6 Å². The van der Waals surface area contributed by atoms with Crippen LogP contribution >= 0.6 is 15.9 Å². The molecule has 0 saturated carbocycles. The standard InChI is InChI=1S/C10H13BrFNO2/c1-10(12,5-13)6-3-9(15-2)8(14)4-7(6)11/h3-4,14H,5,13H2,1-2H3. The van der Waals surface area contributed by atoms with Crippen molar-refractivity contribution < 1.29 is 14.2 Å². The fraction of sp³-hybridized carbons (Fsp3) is 0.400. The highest BCUT2D eigenvalue weighted by molar-refractivity contribution is 9.10. The van der Waals surface area contributed by atoms with Gasteiger partial charge in [-0.05, 0) is 19.1 Å². The SMILES string of the molecule is COc1cc(C(C)(F)CN)c(Br)cc1O. The van der Waals surface area contributed by atoms with Crippen LogP contribution in [-0.4, -0.2) is 18.8 Å². The molecular weight excluding hydrogens is 265 g/mol. The van der Waals surface area contributed by atoms with Crippen LogP contribution in [0.15, 0.2) is 16.6 Å². The Hall–Kier alpha value is -0.810. The maximum absolute atomic E-state index is 14.0. The van der Waals surface area contributed by atoms with Crippen molar-refractivity contribution in [2.45, 2.75) is 12.6 Å². The second-order valence-corrected chi connectivity index (χ2v) is 4.26. The first kappa shape index (κ1) is 12.3. The van der Waals surface area contributed by atoms with Crippen molar-refractivity contribution in [2.75, 3.05) is 13.7 Å². The van der Waals surface area contributed by atoms with E-state index < -0.39 is 5.67 Å². The summed E-state index contributed by atoms with van der Waals surface area (Å²) in [5, 5.41) is 9.45. The number of phenolic OH excluding ortho intramolecular Hbond substituents is 1. The van der Waals surface area contributed by atoms with Gasteiger partial charge >= 0.3 is 0 Å². The molecule has 0 saturated heterocycles. The van der Waals surface area contributed by atoms with E-state index >= 15 is 0 Å². The number of benzene rings is 1. The fourth-order valence-electron chi connectivity index (χ4n) is 1.22. The van der Waals surface area contributed by atoms with Crippen molar-refractivity contribution in [3.05, 3.63) is 22.2 Å². The Morgan fingerprint density at radius 3 is 2.67 bits per heavy atom. The Balaban J connectivity index is 3.30. The van der Waals surface area contributed by atoms with E-state index in [0.29, 0.717) is 10.0 Å². The van der Waals surface area contributed by atoms with Gasteiger partial charge in [-0.15, -0.1) is 0 Å². The third-order valence-corrected chi connectivity index (χ3v) is 2.87. The monoisotopic (exact) mass is 277 g/mol. The summed E-state index contributed by atoms with van der Waals surface area (Å²) in [4.78, 5) is 0. The second-order valence-electron chi connectivity index (χ2n) is 3.41. The maximum Gasteiger partial charge on any atom is 0.160 e. The van der Waals surface area contributed by atoms with Crippen molar-refractivity contribution in [1.82, 2.24) is 0 Å². The maximum atomic E-state index is 14.0. The zero-order valence-corrected chi connectivity index (χ0v) is 10.1. The van der Waals surface area contributed by atoms with Crippen molar-refractivity contribution in [1.29, 1.82) is 0 Å². The molecule has 1 aromatic rings. The summed E-state index contributed by atoms with van der Waals surface area (Å²) in [5.74, 6) is 0.187. The lowest BCUT2D eigenvalue weighted by Crippen LogP contribution is -2.27. The summed E-state index contributed by atoms with van der Waals surface area (Å²) in [6, 6.07) is 2.83. The quantitative estimate of drug-likeness (QED) is 0.892. The molecule has 15 heavy (non-hydrogen) atoms. The topological polar surface area (TPSA) is 55.5 Å². The van der Waals surface area contributed by atoms with Gasteiger partial charge in [0.15, 0.2) is 11.5 Å². The molecule has 0 fully saturated rings. The van der Waals surface area contributed by atoms with E-state index in [9.17, 15) is 9.50 Å². The van der Waals surface area contributed by atoms with Crippen LogP contribution in [0.4, 0.5) is 4.39 Å². The van der Waals surface area contributed by atoms with Crippen LogP contribution in [0.25, 0.3) is 0 Å². The van der Waals surface area contributed by atoms with Gasteiger partial charge in [-0.1, -0.05) is 15.9 Å². The molecule has 0 aliphatic heterocycles. The molecule has 0 aliphatic carbocycles. The number of ether oxygens (including phenoxy) is 1. The highest BCUT2D eigenvalue weighted by atomic mass is 79.9. The molecule has 0 bridgehead atoms. The molecule has 3 nitrogen and oxygen atoms in total. The van der Waals surface area contributed by atoms with Crippen LogP contribution in [0.5, 0.6) is 11.5 Å². The molecule has 1 atom stereocenters. The first-order chi connectivity index (χ1) is 6.92. The number of methoxy groups -OCH3 is 1. The smallest absolute Gasteiger partial charge is 0.160 e. The molecule has 1 unspecified atom stereocenters. The summed E-state index contributed by atoms with van der Waals surface area (Å²) in [6.07, 6.45) is 0. The largest absolute Gasteiger partial charge is 0.504 e. The third kappa shape index (κ3) is 2.41. The van der Waals surface area contributed by atoms with E-state index in [-0.39, 0.29) is 18.0 Å². The van der Waals surface area contributed by atoms with Crippen LogP contribution in [0.3, 0.4) is 0 Å². The summed E-state index contributed by atoms with van der Waals surface area (Å²) >= 11 is 3.18. The van der Waals surface area contributed by atoms with Crippen molar-refractivity contribution in [2.24, 2.45) is 5.73 Å². The average molecular weight is 278 g/mol. The highest BCUT2D eigenvalue weighted by Gasteiger charge is 2.27. The van der Waals surface area contributed by atoms with Crippen LogP contribution in [0, 0.1) is 0 Å². The number of hydrogen-bond acceptors (Lipinski definition) is 3. The lowest BCUT2D eigenvalue weighted by atomic mass is 9.98. The van der Waals surface area contributed by atoms with Crippen molar-refractivity contribution >= 4 is 15.9 Å². The Morgan fingerprint density at radius 2 is 2.20 bits per heavy atom. The summed E-state index contributed by atoms with van der Waals surface area (Å²) in [7, 11) is 1.41. The Kier molecular flexibility index (Phi) is 3.57. The van der Waals surface area contributed by atoms with Crippen molar-refractivity contribution in [3.63, 3.8) is 0 Å². The summed E-state index contributed by atoms with van der Waals surface area (Å²) < 4.78 is 19.3. The summed E-state index contributed by atoms with van der Waals surface area (Å²) in [5.41, 5.74) is 4.05. The molecule has 1 rings (SSSR count). The zero-order valence-electron chi connectivity index (χ0n) is 8.55. The van der Waals surface area contributed by atoms with E-state index in [4.69, 9.17) is 10.5 Å².